The molecule has 0 aromatic rings. The summed E-state index contributed by atoms with van der Waals surface area (Å²) in [5.74, 6) is 1.43. The summed E-state index contributed by atoms with van der Waals surface area (Å²) in [5, 5.41) is 3.19. The van der Waals surface area contributed by atoms with Gasteiger partial charge in [0, 0.05) is 11.6 Å². The standard InChI is InChI=1S/C14H30N4.HI/c1-11-6-8-18(9-7-11)12(2)10-16-13(15)17-14(3,4)5;/h11-12H,6-10H2,1-5H3,(H3,15,16,17);1H. The van der Waals surface area contributed by atoms with Crippen LogP contribution in [0.25, 0.3) is 0 Å². The highest BCUT2D eigenvalue weighted by atomic mass is 127. The fourth-order valence-electron chi connectivity index (χ4n) is 2.24. The number of likely N-dealkylation sites (tertiary alicyclic amines) is 1. The van der Waals surface area contributed by atoms with Gasteiger partial charge in [-0.05, 0) is 59.5 Å². The Morgan fingerprint density at radius 1 is 1.37 bits per heavy atom. The number of hydrogen-bond donors (Lipinski definition) is 2. The van der Waals surface area contributed by atoms with Crippen molar-refractivity contribution >= 4 is 29.9 Å². The van der Waals surface area contributed by atoms with Crippen molar-refractivity contribution in [3.8, 4) is 0 Å². The van der Waals surface area contributed by atoms with Crippen molar-refractivity contribution in [1.82, 2.24) is 10.2 Å². The zero-order chi connectivity index (χ0) is 13.8. The molecular formula is C14H31IN4. The Morgan fingerprint density at radius 2 is 1.89 bits per heavy atom. The number of piperidine rings is 1. The molecule has 4 nitrogen and oxygen atoms in total. The molecule has 1 aliphatic rings. The molecule has 0 aliphatic carbocycles. The van der Waals surface area contributed by atoms with Gasteiger partial charge in [0.2, 0.25) is 0 Å². The van der Waals surface area contributed by atoms with E-state index in [-0.39, 0.29) is 29.5 Å². The van der Waals surface area contributed by atoms with Crippen LogP contribution in [0.1, 0.15) is 47.5 Å². The molecule has 0 saturated carbocycles. The van der Waals surface area contributed by atoms with Gasteiger partial charge in [0.1, 0.15) is 0 Å². The molecule has 0 radical (unpaired) electrons. The molecule has 114 valence electrons. The summed E-state index contributed by atoms with van der Waals surface area (Å²) in [6, 6.07) is 0.484. The molecule has 1 unspecified atom stereocenters. The third-order valence-electron chi connectivity index (χ3n) is 3.47. The van der Waals surface area contributed by atoms with Gasteiger partial charge in [0.05, 0.1) is 6.54 Å². The average molecular weight is 382 g/mol. The van der Waals surface area contributed by atoms with Gasteiger partial charge in [-0.3, -0.25) is 9.89 Å². The van der Waals surface area contributed by atoms with Crippen molar-refractivity contribution in [3.63, 3.8) is 0 Å². The molecule has 1 saturated heterocycles. The highest BCUT2D eigenvalue weighted by molar-refractivity contribution is 14.0. The molecule has 0 aromatic carbocycles. The quantitative estimate of drug-likeness (QED) is 0.448. The van der Waals surface area contributed by atoms with E-state index in [1.165, 1.54) is 25.9 Å². The van der Waals surface area contributed by atoms with Crippen LogP contribution in [0.3, 0.4) is 0 Å². The predicted molar refractivity (Wildman–Crippen MR) is 94.2 cm³/mol. The van der Waals surface area contributed by atoms with Gasteiger partial charge < -0.3 is 11.1 Å². The van der Waals surface area contributed by atoms with Crippen LogP contribution in [0, 0.1) is 5.92 Å². The monoisotopic (exact) mass is 382 g/mol. The Balaban J connectivity index is 0.00000324. The van der Waals surface area contributed by atoms with Gasteiger partial charge in [-0.1, -0.05) is 6.92 Å². The molecule has 1 heterocycles. The van der Waals surface area contributed by atoms with E-state index in [0.29, 0.717) is 12.0 Å². The Labute approximate surface area is 135 Å². The van der Waals surface area contributed by atoms with Crippen LogP contribution in [-0.2, 0) is 0 Å². The summed E-state index contributed by atoms with van der Waals surface area (Å²) >= 11 is 0. The third kappa shape index (κ3) is 7.97. The molecule has 1 aliphatic heterocycles. The Hall–Kier alpha value is -0.0400. The van der Waals surface area contributed by atoms with E-state index in [0.717, 1.165) is 12.5 Å². The van der Waals surface area contributed by atoms with Crippen LogP contribution in [0.15, 0.2) is 4.99 Å². The van der Waals surface area contributed by atoms with Crippen LogP contribution in [0.5, 0.6) is 0 Å². The van der Waals surface area contributed by atoms with Gasteiger partial charge in [-0.25, -0.2) is 0 Å². The number of nitrogens with one attached hydrogen (secondary N) is 1. The smallest absolute Gasteiger partial charge is 0.189 e. The van der Waals surface area contributed by atoms with E-state index < -0.39 is 0 Å². The normalized spacial score (nSPS) is 20.8. The molecule has 0 spiro atoms. The SMILES string of the molecule is CC1CCN(C(C)CN=C(N)NC(C)(C)C)CC1.I. The molecule has 0 bridgehead atoms. The van der Waals surface area contributed by atoms with Crippen molar-refractivity contribution in [3.05, 3.63) is 0 Å². The molecule has 1 atom stereocenters. The molecular weight excluding hydrogens is 351 g/mol. The van der Waals surface area contributed by atoms with E-state index in [4.69, 9.17) is 5.73 Å². The van der Waals surface area contributed by atoms with Gasteiger partial charge >= 0.3 is 0 Å². The summed E-state index contributed by atoms with van der Waals surface area (Å²) in [7, 11) is 0. The van der Waals surface area contributed by atoms with Crippen molar-refractivity contribution < 1.29 is 0 Å². The second kappa shape index (κ2) is 8.29. The first-order chi connectivity index (χ1) is 8.28. The number of rotatable bonds is 3. The lowest BCUT2D eigenvalue weighted by atomic mass is 9.98. The first-order valence-corrected chi connectivity index (χ1v) is 7.10. The second-order valence-corrected chi connectivity index (χ2v) is 6.67. The third-order valence-corrected chi connectivity index (χ3v) is 3.47. The van der Waals surface area contributed by atoms with Gasteiger partial charge in [0.15, 0.2) is 5.96 Å². The molecule has 19 heavy (non-hydrogen) atoms. The summed E-state index contributed by atoms with van der Waals surface area (Å²) in [5.41, 5.74) is 5.86. The first kappa shape index (κ1) is 19.0. The fraction of sp³-hybridized carbons (Fsp3) is 0.929. The lowest BCUT2D eigenvalue weighted by molar-refractivity contribution is 0.150. The summed E-state index contributed by atoms with van der Waals surface area (Å²) < 4.78 is 0. The maximum absolute atomic E-state index is 5.88. The Kier molecular flexibility index (Phi) is 8.27. The van der Waals surface area contributed by atoms with Crippen LogP contribution < -0.4 is 11.1 Å². The van der Waals surface area contributed by atoms with Gasteiger partial charge in [-0.2, -0.15) is 0 Å². The number of hydrogen-bond acceptors (Lipinski definition) is 2. The molecule has 3 N–H and O–H groups in total. The largest absolute Gasteiger partial charge is 0.370 e. The Morgan fingerprint density at radius 3 is 2.37 bits per heavy atom. The van der Waals surface area contributed by atoms with Crippen LogP contribution >= 0.6 is 24.0 Å². The minimum absolute atomic E-state index is 0. The van der Waals surface area contributed by atoms with Crippen molar-refractivity contribution in [1.29, 1.82) is 0 Å². The average Bonchev–Trinajstić information content (AvgIpc) is 2.24. The van der Waals surface area contributed by atoms with Gasteiger partial charge in [-0.15, -0.1) is 24.0 Å². The van der Waals surface area contributed by atoms with Crippen molar-refractivity contribution in [2.24, 2.45) is 16.6 Å². The lowest BCUT2D eigenvalue weighted by Gasteiger charge is -2.34. The fourth-order valence-corrected chi connectivity index (χ4v) is 2.24. The number of guanidine groups is 1. The summed E-state index contributed by atoms with van der Waals surface area (Å²) in [4.78, 5) is 6.97. The molecule has 0 amide bonds. The van der Waals surface area contributed by atoms with Crippen molar-refractivity contribution in [2.75, 3.05) is 19.6 Å². The van der Waals surface area contributed by atoms with Crippen LogP contribution in [0.4, 0.5) is 0 Å². The number of nitrogens with two attached hydrogens (primary N) is 1. The molecule has 1 rings (SSSR count). The zero-order valence-corrected chi connectivity index (χ0v) is 15.4. The van der Waals surface area contributed by atoms with E-state index in [1.807, 2.05) is 0 Å². The van der Waals surface area contributed by atoms with E-state index in [9.17, 15) is 0 Å². The number of nitrogens with zero attached hydrogens (tertiary/aromatic N) is 2. The van der Waals surface area contributed by atoms with E-state index in [1.54, 1.807) is 0 Å². The van der Waals surface area contributed by atoms with Crippen LogP contribution in [-0.4, -0.2) is 42.1 Å². The van der Waals surface area contributed by atoms with E-state index >= 15 is 0 Å². The minimum atomic E-state index is -0.0165. The summed E-state index contributed by atoms with van der Waals surface area (Å²) in [6.45, 7) is 14.0. The van der Waals surface area contributed by atoms with Crippen molar-refractivity contribution in [2.45, 2.75) is 59.0 Å². The number of halogens is 1. The Bertz CT molecular complexity index is 278. The second-order valence-electron chi connectivity index (χ2n) is 6.67. The molecule has 0 aromatic heterocycles. The topological polar surface area (TPSA) is 53.6 Å². The van der Waals surface area contributed by atoms with Gasteiger partial charge in [0.25, 0.3) is 0 Å². The molecule has 5 heteroatoms. The zero-order valence-electron chi connectivity index (χ0n) is 13.1. The van der Waals surface area contributed by atoms with E-state index in [2.05, 4.69) is 49.8 Å². The first-order valence-electron chi connectivity index (χ1n) is 7.10. The minimum Gasteiger partial charge on any atom is -0.370 e. The maximum atomic E-state index is 5.88. The highest BCUT2D eigenvalue weighted by Crippen LogP contribution is 2.17. The summed E-state index contributed by atoms with van der Waals surface area (Å²) in [6.07, 6.45) is 2.62. The maximum Gasteiger partial charge on any atom is 0.189 e. The number of aliphatic imine (C=N–C) groups is 1. The highest BCUT2D eigenvalue weighted by Gasteiger charge is 2.20. The predicted octanol–water partition coefficient (Wildman–Crippen LogP) is 2.43. The van der Waals surface area contributed by atoms with Crippen LogP contribution in [0.2, 0.25) is 0 Å². The lowest BCUT2D eigenvalue weighted by Crippen LogP contribution is -2.46. The molecule has 1 fully saturated rings.